The number of hydrogen-bond donors (Lipinski definition) is 0. The fraction of sp³-hybridized carbons (Fsp3) is 0.143. The Morgan fingerprint density at radius 2 is 0.202 bits per heavy atom. The van der Waals surface area contributed by atoms with Crippen molar-refractivity contribution >= 4 is 21.8 Å². The summed E-state index contributed by atoms with van der Waals surface area (Å²) in [5.41, 5.74) is 5.29. The van der Waals surface area contributed by atoms with E-state index in [1.165, 1.54) is 66.8 Å². The second kappa shape index (κ2) is 30.2. The Hall–Kier alpha value is -6.98. The quantitative estimate of drug-likeness (QED) is 0.0339. The zero-order valence-corrected chi connectivity index (χ0v) is 57.0. The molecule has 0 spiro atoms. The Bertz CT molecular complexity index is 3040. The number of rotatable bonds is 28. The van der Waals surface area contributed by atoms with Crippen LogP contribution in [0.3, 0.4) is 0 Å². The molecule has 0 aliphatic heterocycles. The average molecular weight is 1330 g/mol. The molecule has 0 saturated heterocycles. The monoisotopic (exact) mass is 1330 g/mol. The van der Waals surface area contributed by atoms with Gasteiger partial charge in [-0.05, 0) is 0 Å². The summed E-state index contributed by atoms with van der Waals surface area (Å²) in [6.45, 7) is 0. The van der Waals surface area contributed by atoms with E-state index in [1.54, 1.807) is 0 Å². The van der Waals surface area contributed by atoms with E-state index in [0.717, 1.165) is 73.9 Å². The Labute approximate surface area is 535 Å². The van der Waals surface area contributed by atoms with E-state index in [-0.39, 0.29) is 0 Å². The predicted octanol–water partition coefficient (Wildman–Crippen LogP) is 23.2. The summed E-state index contributed by atoms with van der Waals surface area (Å²) in [4.78, 5) is 0. The van der Waals surface area contributed by atoms with E-state index in [1.807, 2.05) is 0 Å². The van der Waals surface area contributed by atoms with E-state index in [2.05, 4.69) is 364 Å². The van der Waals surface area contributed by atoms with E-state index < -0.39 is 35.4 Å². The summed E-state index contributed by atoms with van der Waals surface area (Å²) in [5.74, 6) is 0. The SMILES string of the molecule is c1ccc(C[PH](Cc2ccccc2)(Cc2ccccc2)[Pd]([PH](Cc2ccccc2)(Cc2ccccc2)Cc2ccccc2)([PH](Cc2ccccc2)(Cc2ccccc2)Cc2ccccc2)[PH](Cc2ccccc2)(Cc2ccccc2)Cc2ccccc2)cc1. The van der Waals surface area contributed by atoms with Gasteiger partial charge in [-0.2, -0.15) is 0 Å². The predicted molar refractivity (Wildman–Crippen MR) is 395 cm³/mol. The molecule has 454 valence electrons. The molecule has 0 atom stereocenters. The molecule has 0 aromatic heterocycles. The van der Waals surface area contributed by atoms with Gasteiger partial charge in [0.1, 0.15) is 0 Å². The minimum atomic E-state index is -3.82. The van der Waals surface area contributed by atoms with Crippen LogP contribution in [0.5, 0.6) is 0 Å². The standard InChI is InChI=1S/4C21H21P.Pd/c4*1-4-10-19(11-5-1)16-22(17-20-12-6-2-7-13-20)18-21-14-8-3-9-15-21;/h4*1-15H,16-18H2;/q;;;;-4/p+4. The van der Waals surface area contributed by atoms with Crippen LogP contribution in [0.1, 0.15) is 66.8 Å². The van der Waals surface area contributed by atoms with Crippen molar-refractivity contribution in [3.8, 4) is 0 Å². The van der Waals surface area contributed by atoms with Crippen molar-refractivity contribution in [3.63, 3.8) is 0 Å². The molecule has 0 aliphatic rings. The van der Waals surface area contributed by atoms with E-state index in [9.17, 15) is 0 Å². The molecule has 0 heterocycles. The van der Waals surface area contributed by atoms with Crippen LogP contribution in [0.2, 0.25) is 0 Å². The summed E-state index contributed by atoms with van der Waals surface area (Å²) in [7, 11) is 0. The first-order chi connectivity index (χ1) is 43.9. The van der Waals surface area contributed by atoms with Crippen molar-refractivity contribution in [2.75, 3.05) is 0 Å². The molecular weight excluding hydrogens is 1240 g/mol. The van der Waals surface area contributed by atoms with Gasteiger partial charge in [0.05, 0.1) is 0 Å². The van der Waals surface area contributed by atoms with Crippen LogP contribution in [-0.4, -0.2) is 0 Å². The maximum absolute atomic E-state index is 3.82. The normalized spacial score (nSPS) is 13.8. The second-order valence-corrected chi connectivity index (χ2v) is 82.3. The van der Waals surface area contributed by atoms with Crippen molar-refractivity contribution in [1.29, 1.82) is 0 Å². The molecule has 12 rings (SSSR count). The Morgan fingerprint density at radius 1 is 0.124 bits per heavy atom. The third-order valence-corrected chi connectivity index (χ3v) is 146. The Balaban J connectivity index is 1.45. The molecule has 0 saturated carbocycles. The first-order valence-corrected chi connectivity index (χ1v) is 51.1. The summed E-state index contributed by atoms with van der Waals surface area (Å²) in [6.07, 6.45) is 13.4. The fourth-order valence-electron chi connectivity index (χ4n) is 15.3. The summed E-state index contributed by atoms with van der Waals surface area (Å²) < 4.78 is 0. The summed E-state index contributed by atoms with van der Waals surface area (Å²) >= 11 is -3.82. The maximum atomic E-state index is 2.58. The zero-order chi connectivity index (χ0) is 60.3. The number of benzene rings is 12. The Kier molecular flexibility index (Phi) is 21.1. The molecule has 0 amide bonds. The van der Waals surface area contributed by atoms with Crippen molar-refractivity contribution < 1.29 is 13.6 Å². The van der Waals surface area contributed by atoms with Crippen LogP contribution in [-0.2, 0) is 87.5 Å². The molecular formula is C84H88P4Pd. The van der Waals surface area contributed by atoms with E-state index in [0.29, 0.717) is 0 Å². The van der Waals surface area contributed by atoms with Crippen molar-refractivity contribution in [2.45, 2.75) is 73.9 Å². The van der Waals surface area contributed by atoms with Gasteiger partial charge in [0.15, 0.2) is 0 Å². The molecule has 5 heteroatoms. The molecule has 89 heavy (non-hydrogen) atoms. The van der Waals surface area contributed by atoms with Gasteiger partial charge in [-0.3, -0.25) is 0 Å². The fourth-order valence-corrected chi connectivity index (χ4v) is 204. The summed E-state index contributed by atoms with van der Waals surface area (Å²) in [6, 6.07) is 147. The average Bonchev–Trinajstić information content (AvgIpc) is 0.656. The van der Waals surface area contributed by atoms with Crippen LogP contribution < -0.4 is 0 Å². The van der Waals surface area contributed by atoms with Crippen LogP contribution in [0.25, 0.3) is 0 Å². The molecule has 0 nitrogen and oxygen atoms in total. The summed E-state index contributed by atoms with van der Waals surface area (Å²) in [5, 5.41) is 0. The molecule has 0 unspecified atom stereocenters. The van der Waals surface area contributed by atoms with Crippen molar-refractivity contribution in [1.82, 2.24) is 0 Å². The van der Waals surface area contributed by atoms with Gasteiger partial charge in [-0.1, -0.05) is 0 Å². The van der Waals surface area contributed by atoms with Gasteiger partial charge in [-0.15, -0.1) is 0 Å². The molecule has 0 aliphatic carbocycles. The Morgan fingerprint density at radius 3 is 0.281 bits per heavy atom. The van der Waals surface area contributed by atoms with Gasteiger partial charge >= 0.3 is 540 Å². The van der Waals surface area contributed by atoms with Crippen LogP contribution in [0, 0.1) is 0 Å². The van der Waals surface area contributed by atoms with Gasteiger partial charge in [0.25, 0.3) is 0 Å². The zero-order valence-electron chi connectivity index (χ0n) is 51.4. The third-order valence-electron chi connectivity index (χ3n) is 18.2. The van der Waals surface area contributed by atoms with Crippen molar-refractivity contribution in [2.24, 2.45) is 0 Å². The minimum absolute atomic E-state index is 1.11. The first-order valence-electron chi connectivity index (χ1n) is 32.0. The van der Waals surface area contributed by atoms with Gasteiger partial charge in [-0.25, -0.2) is 0 Å². The molecule has 0 N–H and O–H groups in total. The molecule has 12 aromatic carbocycles. The van der Waals surface area contributed by atoms with Gasteiger partial charge in [0, 0.05) is 0 Å². The van der Waals surface area contributed by atoms with Crippen molar-refractivity contribution in [3.05, 3.63) is 431 Å². The second-order valence-electron chi connectivity index (χ2n) is 24.8. The first kappa shape index (κ1) is 62.2. The van der Waals surface area contributed by atoms with Crippen LogP contribution in [0.15, 0.2) is 364 Å². The molecule has 12 aromatic rings. The van der Waals surface area contributed by atoms with E-state index in [4.69, 9.17) is 0 Å². The third kappa shape index (κ3) is 14.8. The van der Waals surface area contributed by atoms with E-state index >= 15 is 0 Å². The van der Waals surface area contributed by atoms with Crippen LogP contribution >= 0.6 is 21.8 Å². The topological polar surface area (TPSA) is 0 Å². The van der Waals surface area contributed by atoms with Gasteiger partial charge < -0.3 is 0 Å². The molecule has 0 radical (unpaired) electrons. The number of hydrogen-bond acceptors (Lipinski definition) is 0. The molecule has 0 bridgehead atoms. The van der Waals surface area contributed by atoms with Gasteiger partial charge in [0.2, 0.25) is 0 Å². The van der Waals surface area contributed by atoms with Crippen LogP contribution in [0.4, 0.5) is 0 Å². The molecule has 0 fully saturated rings.